The molecule has 0 aliphatic rings. The molecule has 0 spiro atoms. The highest BCUT2D eigenvalue weighted by molar-refractivity contribution is 9.10. The summed E-state index contributed by atoms with van der Waals surface area (Å²) in [7, 11) is 0. The van der Waals surface area contributed by atoms with Crippen molar-refractivity contribution in [3.8, 4) is 0 Å². The van der Waals surface area contributed by atoms with Gasteiger partial charge in [0.05, 0.1) is 10.5 Å². The molecule has 21 heavy (non-hydrogen) atoms. The van der Waals surface area contributed by atoms with Gasteiger partial charge in [-0.25, -0.2) is 8.78 Å². The number of rotatable bonds is 5. The first-order chi connectivity index (χ1) is 10.1. The lowest BCUT2D eigenvalue weighted by Crippen LogP contribution is -2.30. The Labute approximate surface area is 135 Å². The Kier molecular flexibility index (Phi) is 5.75. The molecule has 0 saturated heterocycles. The van der Waals surface area contributed by atoms with Crippen molar-refractivity contribution in [1.82, 2.24) is 5.43 Å². The van der Waals surface area contributed by atoms with E-state index in [-0.39, 0.29) is 22.5 Å². The van der Waals surface area contributed by atoms with E-state index in [0.717, 1.165) is 10.5 Å². The number of halogens is 3. The fourth-order valence-electron chi connectivity index (χ4n) is 2.17. The molecule has 112 valence electrons. The van der Waals surface area contributed by atoms with Crippen LogP contribution in [0.5, 0.6) is 0 Å². The van der Waals surface area contributed by atoms with Crippen LogP contribution in [0.15, 0.2) is 45.8 Å². The maximum absolute atomic E-state index is 14.1. The molecular formula is C15H15BrF2N2S. The van der Waals surface area contributed by atoms with Gasteiger partial charge in [-0.15, -0.1) is 11.8 Å². The maximum atomic E-state index is 14.1. The van der Waals surface area contributed by atoms with Crippen LogP contribution in [0.2, 0.25) is 0 Å². The summed E-state index contributed by atoms with van der Waals surface area (Å²) in [5, 5.41) is 0. The minimum atomic E-state index is -0.586. The first kappa shape index (κ1) is 16.4. The van der Waals surface area contributed by atoms with Gasteiger partial charge in [-0.05, 0) is 52.4 Å². The van der Waals surface area contributed by atoms with Crippen molar-refractivity contribution in [3.05, 3.63) is 63.6 Å². The van der Waals surface area contributed by atoms with Gasteiger partial charge in [-0.3, -0.25) is 11.3 Å². The highest BCUT2D eigenvalue weighted by atomic mass is 79.9. The average Bonchev–Trinajstić information content (AvgIpc) is 2.51. The second-order valence-corrected chi connectivity index (χ2v) is 6.19. The van der Waals surface area contributed by atoms with Crippen molar-refractivity contribution in [1.29, 1.82) is 0 Å². The van der Waals surface area contributed by atoms with E-state index < -0.39 is 11.6 Å². The van der Waals surface area contributed by atoms with Crippen molar-refractivity contribution in [2.45, 2.75) is 17.4 Å². The van der Waals surface area contributed by atoms with Crippen LogP contribution in [0.1, 0.15) is 17.2 Å². The molecule has 0 saturated carbocycles. The van der Waals surface area contributed by atoms with Crippen LogP contribution >= 0.6 is 27.7 Å². The molecule has 0 radical (unpaired) electrons. The Morgan fingerprint density at radius 2 is 1.95 bits per heavy atom. The Morgan fingerprint density at radius 1 is 1.24 bits per heavy atom. The van der Waals surface area contributed by atoms with E-state index in [1.807, 2.05) is 30.5 Å². The van der Waals surface area contributed by atoms with Gasteiger partial charge in [0.2, 0.25) is 0 Å². The third-order valence-corrected chi connectivity index (χ3v) is 4.69. The Bertz CT molecular complexity index is 637. The van der Waals surface area contributed by atoms with Gasteiger partial charge in [0, 0.05) is 10.5 Å². The fourth-order valence-corrected chi connectivity index (χ4v) is 3.21. The van der Waals surface area contributed by atoms with E-state index in [1.54, 1.807) is 11.8 Å². The lowest BCUT2D eigenvalue weighted by molar-refractivity contribution is 0.494. The Balaban J connectivity index is 2.38. The smallest absolute Gasteiger partial charge is 0.143 e. The van der Waals surface area contributed by atoms with Crippen LogP contribution in [0.3, 0.4) is 0 Å². The normalized spacial score (nSPS) is 12.4. The van der Waals surface area contributed by atoms with Crippen LogP contribution in [-0.4, -0.2) is 6.26 Å². The van der Waals surface area contributed by atoms with Crippen LogP contribution in [0, 0.1) is 11.6 Å². The summed E-state index contributed by atoms with van der Waals surface area (Å²) in [6.45, 7) is 0. The zero-order chi connectivity index (χ0) is 15.4. The topological polar surface area (TPSA) is 38.0 Å². The summed E-state index contributed by atoms with van der Waals surface area (Å²) in [4.78, 5) is 1.02. The molecular weight excluding hydrogens is 358 g/mol. The van der Waals surface area contributed by atoms with Crippen molar-refractivity contribution in [3.63, 3.8) is 0 Å². The zero-order valence-corrected chi connectivity index (χ0v) is 13.8. The van der Waals surface area contributed by atoms with Crippen LogP contribution < -0.4 is 11.3 Å². The molecule has 1 unspecified atom stereocenters. The van der Waals surface area contributed by atoms with Gasteiger partial charge in [-0.1, -0.05) is 18.2 Å². The predicted molar refractivity (Wildman–Crippen MR) is 86.0 cm³/mol. The largest absolute Gasteiger partial charge is 0.271 e. The molecule has 2 rings (SSSR count). The first-order valence-electron chi connectivity index (χ1n) is 6.30. The van der Waals surface area contributed by atoms with E-state index in [4.69, 9.17) is 5.84 Å². The summed E-state index contributed by atoms with van der Waals surface area (Å²) in [6, 6.07) is 9.90. The SMILES string of the molecule is CSc1ccccc1C(Cc1c(F)ccc(Br)c1F)NN. The van der Waals surface area contributed by atoms with E-state index in [0.29, 0.717) is 0 Å². The Morgan fingerprint density at radius 3 is 2.62 bits per heavy atom. The summed E-state index contributed by atoms with van der Waals surface area (Å²) in [6.07, 6.45) is 2.08. The third kappa shape index (κ3) is 3.63. The number of thioether (sulfide) groups is 1. The van der Waals surface area contributed by atoms with Crippen LogP contribution in [-0.2, 0) is 6.42 Å². The first-order valence-corrected chi connectivity index (χ1v) is 8.31. The van der Waals surface area contributed by atoms with Gasteiger partial charge in [0.15, 0.2) is 0 Å². The van der Waals surface area contributed by atoms with Gasteiger partial charge in [0.25, 0.3) is 0 Å². The minimum absolute atomic E-state index is 0.0169. The van der Waals surface area contributed by atoms with Crippen molar-refractivity contribution in [2.75, 3.05) is 6.26 Å². The number of hydrogen-bond acceptors (Lipinski definition) is 3. The lowest BCUT2D eigenvalue weighted by atomic mass is 9.98. The molecule has 0 aromatic heterocycles. The number of hydrazine groups is 1. The molecule has 6 heteroatoms. The third-order valence-electron chi connectivity index (χ3n) is 3.26. The number of hydrogen-bond donors (Lipinski definition) is 2. The summed E-state index contributed by atoms with van der Waals surface area (Å²) in [5.74, 6) is 4.44. The molecule has 2 aromatic carbocycles. The maximum Gasteiger partial charge on any atom is 0.143 e. The van der Waals surface area contributed by atoms with Gasteiger partial charge >= 0.3 is 0 Å². The van der Waals surface area contributed by atoms with E-state index in [1.165, 1.54) is 12.1 Å². The molecule has 0 aliphatic carbocycles. The molecule has 0 amide bonds. The zero-order valence-electron chi connectivity index (χ0n) is 11.4. The lowest BCUT2D eigenvalue weighted by Gasteiger charge is -2.20. The highest BCUT2D eigenvalue weighted by Crippen LogP contribution is 2.30. The molecule has 2 aromatic rings. The second-order valence-electron chi connectivity index (χ2n) is 4.49. The number of benzene rings is 2. The molecule has 0 aliphatic heterocycles. The van der Waals surface area contributed by atoms with Crippen molar-refractivity contribution in [2.24, 2.45) is 5.84 Å². The van der Waals surface area contributed by atoms with Gasteiger partial charge < -0.3 is 0 Å². The number of nitrogens with one attached hydrogen (secondary N) is 1. The highest BCUT2D eigenvalue weighted by Gasteiger charge is 2.20. The number of nitrogens with two attached hydrogens (primary N) is 1. The van der Waals surface area contributed by atoms with Crippen molar-refractivity contribution < 1.29 is 8.78 Å². The molecule has 0 bridgehead atoms. The van der Waals surface area contributed by atoms with Crippen LogP contribution in [0.25, 0.3) is 0 Å². The monoisotopic (exact) mass is 372 g/mol. The molecule has 0 heterocycles. The molecule has 0 fully saturated rings. The predicted octanol–water partition coefficient (Wildman–Crippen LogP) is 4.20. The minimum Gasteiger partial charge on any atom is -0.271 e. The average molecular weight is 373 g/mol. The van der Waals surface area contributed by atoms with E-state index in [2.05, 4.69) is 21.4 Å². The summed E-state index contributed by atoms with van der Waals surface area (Å²) in [5.41, 5.74) is 3.59. The molecule has 1 atom stereocenters. The Hall–Kier alpha value is -0.950. The summed E-state index contributed by atoms with van der Waals surface area (Å²) >= 11 is 4.65. The van der Waals surface area contributed by atoms with Gasteiger partial charge in [0.1, 0.15) is 11.6 Å². The quantitative estimate of drug-likeness (QED) is 0.357. The standard InChI is InChI=1S/C15H15BrF2N2S/c1-21-14-5-3-2-4-9(14)13(20-19)8-10-12(17)7-6-11(16)15(10)18/h2-7,13,20H,8,19H2,1H3. The fraction of sp³-hybridized carbons (Fsp3) is 0.200. The summed E-state index contributed by atoms with van der Waals surface area (Å²) < 4.78 is 28.2. The second kappa shape index (κ2) is 7.35. The van der Waals surface area contributed by atoms with E-state index in [9.17, 15) is 8.78 Å². The molecule has 3 N–H and O–H groups in total. The molecule has 2 nitrogen and oxygen atoms in total. The van der Waals surface area contributed by atoms with Crippen LogP contribution in [0.4, 0.5) is 8.78 Å². The van der Waals surface area contributed by atoms with E-state index >= 15 is 0 Å². The van der Waals surface area contributed by atoms with Gasteiger partial charge in [-0.2, -0.15) is 0 Å². The van der Waals surface area contributed by atoms with Crippen molar-refractivity contribution >= 4 is 27.7 Å².